The number of thioether (sulfide) groups is 1. The first-order valence-electron chi connectivity index (χ1n) is 10.0. The van der Waals surface area contributed by atoms with E-state index in [9.17, 15) is 4.79 Å². The maximum absolute atomic E-state index is 11.5. The van der Waals surface area contributed by atoms with E-state index >= 15 is 0 Å². The summed E-state index contributed by atoms with van der Waals surface area (Å²) in [7, 11) is 0. The van der Waals surface area contributed by atoms with E-state index < -0.39 is 0 Å². The molecule has 0 bridgehead atoms. The van der Waals surface area contributed by atoms with Crippen LogP contribution in [0.3, 0.4) is 0 Å². The molecule has 1 aromatic heterocycles. The number of amides is 1. The van der Waals surface area contributed by atoms with Gasteiger partial charge in [0.25, 0.3) is 0 Å². The SMILES string of the molecule is CSc1ccc(-c2c(C)nc3n2NC(C)(C)C=C3N2CCC(NC(C)=O)C2)cc1. The number of fused-ring (bicyclic) bond motifs is 1. The molecule has 4 rings (SSSR count). The Labute approximate surface area is 176 Å². The molecule has 2 aliphatic heterocycles. The predicted molar refractivity (Wildman–Crippen MR) is 119 cm³/mol. The summed E-state index contributed by atoms with van der Waals surface area (Å²) in [5, 5.41) is 3.06. The first kappa shape index (κ1) is 19.9. The van der Waals surface area contributed by atoms with Gasteiger partial charge < -0.3 is 15.6 Å². The van der Waals surface area contributed by atoms with Crippen molar-refractivity contribution in [2.24, 2.45) is 0 Å². The van der Waals surface area contributed by atoms with Gasteiger partial charge >= 0.3 is 0 Å². The van der Waals surface area contributed by atoms with Crippen molar-refractivity contribution in [2.75, 3.05) is 24.8 Å². The van der Waals surface area contributed by atoms with Crippen LogP contribution in [0.25, 0.3) is 17.0 Å². The van der Waals surface area contributed by atoms with Crippen LogP contribution in [0.1, 0.15) is 38.7 Å². The first-order chi connectivity index (χ1) is 13.8. The smallest absolute Gasteiger partial charge is 0.217 e. The molecule has 2 aliphatic rings. The number of nitrogens with one attached hydrogen (secondary N) is 2. The van der Waals surface area contributed by atoms with Gasteiger partial charge in [-0.15, -0.1) is 11.8 Å². The third-order valence-corrected chi connectivity index (χ3v) is 6.22. The Balaban J connectivity index is 1.72. The zero-order chi connectivity index (χ0) is 20.8. The fourth-order valence-electron chi connectivity index (χ4n) is 4.24. The largest absolute Gasteiger partial charge is 0.367 e. The predicted octanol–water partition coefficient (Wildman–Crippen LogP) is 3.47. The molecule has 0 spiro atoms. The fourth-order valence-corrected chi connectivity index (χ4v) is 4.65. The van der Waals surface area contributed by atoms with Crippen molar-refractivity contribution in [3.05, 3.63) is 41.9 Å². The van der Waals surface area contributed by atoms with Crippen molar-refractivity contribution in [3.63, 3.8) is 0 Å². The normalized spacial score (nSPS) is 20.1. The number of hydrogen-bond acceptors (Lipinski definition) is 5. The average Bonchev–Trinajstić information content (AvgIpc) is 3.24. The summed E-state index contributed by atoms with van der Waals surface area (Å²) < 4.78 is 2.14. The lowest BCUT2D eigenvalue weighted by molar-refractivity contribution is -0.119. The zero-order valence-electron chi connectivity index (χ0n) is 17.7. The molecule has 154 valence electrons. The van der Waals surface area contributed by atoms with Crippen LogP contribution in [-0.4, -0.2) is 51.4 Å². The van der Waals surface area contributed by atoms with Crippen LogP contribution in [0.15, 0.2) is 35.2 Å². The minimum atomic E-state index is -0.213. The van der Waals surface area contributed by atoms with Crippen molar-refractivity contribution in [1.82, 2.24) is 19.9 Å². The molecule has 1 fully saturated rings. The van der Waals surface area contributed by atoms with E-state index in [-0.39, 0.29) is 17.5 Å². The highest BCUT2D eigenvalue weighted by molar-refractivity contribution is 7.98. The highest BCUT2D eigenvalue weighted by Gasteiger charge is 2.34. The lowest BCUT2D eigenvalue weighted by Crippen LogP contribution is -2.43. The van der Waals surface area contributed by atoms with E-state index in [2.05, 4.69) is 77.7 Å². The second kappa shape index (κ2) is 7.44. The van der Waals surface area contributed by atoms with E-state index in [0.717, 1.165) is 48.0 Å². The van der Waals surface area contributed by atoms with Crippen LogP contribution >= 0.6 is 11.8 Å². The van der Waals surface area contributed by atoms with Gasteiger partial charge in [0, 0.05) is 36.5 Å². The van der Waals surface area contributed by atoms with Crippen LogP contribution in [0.2, 0.25) is 0 Å². The monoisotopic (exact) mass is 411 g/mol. The zero-order valence-corrected chi connectivity index (χ0v) is 18.6. The minimum absolute atomic E-state index is 0.0322. The molecule has 0 radical (unpaired) electrons. The number of carbonyl (C=O) groups excluding carboxylic acids is 1. The van der Waals surface area contributed by atoms with Crippen LogP contribution in [0, 0.1) is 6.92 Å². The Hall–Kier alpha value is -2.41. The fraction of sp³-hybridized carbons (Fsp3) is 0.455. The quantitative estimate of drug-likeness (QED) is 0.755. The van der Waals surface area contributed by atoms with Crippen LogP contribution in [0.4, 0.5) is 0 Å². The van der Waals surface area contributed by atoms with Crippen LogP contribution in [0.5, 0.6) is 0 Å². The minimum Gasteiger partial charge on any atom is -0.367 e. The van der Waals surface area contributed by atoms with Crippen LogP contribution in [-0.2, 0) is 4.79 Å². The average molecular weight is 412 g/mol. The Morgan fingerprint density at radius 1 is 1.31 bits per heavy atom. The number of benzene rings is 1. The number of carbonyl (C=O) groups is 1. The first-order valence-corrected chi connectivity index (χ1v) is 11.3. The summed E-state index contributed by atoms with van der Waals surface area (Å²) in [6.45, 7) is 9.72. The number of rotatable bonds is 4. The van der Waals surface area contributed by atoms with Gasteiger partial charge in [-0.1, -0.05) is 12.1 Å². The number of aryl methyl sites for hydroxylation is 1. The topological polar surface area (TPSA) is 62.2 Å². The van der Waals surface area contributed by atoms with Crippen molar-refractivity contribution in [1.29, 1.82) is 0 Å². The van der Waals surface area contributed by atoms with Crippen molar-refractivity contribution < 1.29 is 4.79 Å². The second-order valence-corrected chi connectivity index (χ2v) is 9.31. The van der Waals surface area contributed by atoms with Gasteiger partial charge in [-0.2, -0.15) is 0 Å². The van der Waals surface area contributed by atoms with E-state index in [0.29, 0.717) is 0 Å². The van der Waals surface area contributed by atoms with Gasteiger partial charge in [-0.25, -0.2) is 9.66 Å². The summed E-state index contributed by atoms with van der Waals surface area (Å²) in [6, 6.07) is 8.83. The molecule has 29 heavy (non-hydrogen) atoms. The molecular weight excluding hydrogens is 382 g/mol. The molecular formula is C22H29N5OS. The number of likely N-dealkylation sites (tertiary alicyclic amines) is 1. The molecule has 2 aromatic rings. The molecule has 2 N–H and O–H groups in total. The highest BCUT2D eigenvalue weighted by atomic mass is 32.2. The van der Waals surface area contributed by atoms with E-state index in [1.165, 1.54) is 4.90 Å². The van der Waals surface area contributed by atoms with Crippen molar-refractivity contribution in [2.45, 2.75) is 50.6 Å². The van der Waals surface area contributed by atoms with E-state index in [1.807, 2.05) is 0 Å². The summed E-state index contributed by atoms with van der Waals surface area (Å²) >= 11 is 1.75. The Bertz CT molecular complexity index is 960. The third kappa shape index (κ3) is 3.88. The molecule has 3 heterocycles. The molecule has 1 unspecified atom stereocenters. The molecule has 0 saturated carbocycles. The Morgan fingerprint density at radius 2 is 2.03 bits per heavy atom. The maximum atomic E-state index is 11.5. The van der Waals surface area contributed by atoms with Gasteiger partial charge in [-0.05, 0) is 51.7 Å². The third-order valence-electron chi connectivity index (χ3n) is 5.48. The van der Waals surface area contributed by atoms with Crippen molar-refractivity contribution in [3.8, 4) is 11.3 Å². The standard InChI is InChI=1S/C22H29N5OS/c1-14-20(16-6-8-18(29-5)9-7-16)27-21(23-14)19(12-22(3,4)25-27)26-11-10-17(13-26)24-15(2)28/h6-9,12,17,25H,10-11,13H2,1-5H3,(H,24,28). The van der Waals surface area contributed by atoms with Gasteiger partial charge in [0.1, 0.15) is 0 Å². The summed E-state index contributed by atoms with van der Waals surface area (Å²) in [6.07, 6.45) is 5.30. The lowest BCUT2D eigenvalue weighted by atomic mass is 10.0. The lowest BCUT2D eigenvalue weighted by Gasteiger charge is -2.35. The molecule has 1 amide bonds. The molecule has 1 aromatic carbocycles. The molecule has 1 atom stereocenters. The second-order valence-electron chi connectivity index (χ2n) is 8.43. The Kier molecular flexibility index (Phi) is 5.11. The summed E-state index contributed by atoms with van der Waals surface area (Å²) in [4.78, 5) is 20.0. The van der Waals surface area contributed by atoms with Gasteiger partial charge in [0.15, 0.2) is 5.82 Å². The van der Waals surface area contributed by atoms with Crippen LogP contribution < -0.4 is 10.7 Å². The molecule has 1 saturated heterocycles. The summed E-state index contributed by atoms with van der Waals surface area (Å²) in [5.74, 6) is 0.971. The molecule has 0 aliphatic carbocycles. The number of nitrogens with zero attached hydrogens (tertiary/aromatic N) is 3. The van der Waals surface area contributed by atoms with E-state index in [1.54, 1.807) is 18.7 Å². The van der Waals surface area contributed by atoms with E-state index in [4.69, 9.17) is 4.98 Å². The summed E-state index contributed by atoms with van der Waals surface area (Å²) in [5.41, 5.74) is 7.81. The van der Waals surface area contributed by atoms with Crippen molar-refractivity contribution >= 4 is 23.4 Å². The molecule has 7 heteroatoms. The van der Waals surface area contributed by atoms with Gasteiger partial charge in [-0.3, -0.25) is 4.79 Å². The van der Waals surface area contributed by atoms with Gasteiger partial charge in [0.2, 0.25) is 5.91 Å². The number of hydrogen-bond donors (Lipinski definition) is 2. The number of imidazole rings is 1. The Morgan fingerprint density at radius 3 is 2.69 bits per heavy atom. The number of aromatic nitrogens is 2. The highest BCUT2D eigenvalue weighted by Crippen LogP contribution is 2.35. The molecule has 6 nitrogen and oxygen atoms in total. The van der Waals surface area contributed by atoms with Gasteiger partial charge in [0.05, 0.1) is 22.6 Å². The maximum Gasteiger partial charge on any atom is 0.217 e.